The molecule has 3 aliphatic carbocycles. The molecule has 0 aromatic rings. The molecular formula is C17H32O2Si. The summed E-state index contributed by atoms with van der Waals surface area (Å²) in [6, 6.07) is 0. The summed E-state index contributed by atoms with van der Waals surface area (Å²) in [7, 11) is -1.76. The summed E-state index contributed by atoms with van der Waals surface area (Å²) in [6.45, 7) is 11.7. The fourth-order valence-electron chi connectivity index (χ4n) is 4.58. The van der Waals surface area contributed by atoms with Crippen molar-refractivity contribution in [2.75, 3.05) is 0 Å². The molecule has 0 saturated heterocycles. The van der Waals surface area contributed by atoms with E-state index in [1.165, 1.54) is 38.5 Å². The van der Waals surface area contributed by atoms with Gasteiger partial charge in [0.05, 0.1) is 11.2 Å². The maximum atomic E-state index is 10.9. The van der Waals surface area contributed by atoms with E-state index in [-0.39, 0.29) is 16.2 Å². The van der Waals surface area contributed by atoms with Crippen LogP contribution < -0.4 is 0 Å². The molecule has 1 N–H and O–H groups in total. The van der Waals surface area contributed by atoms with Crippen LogP contribution in [0.15, 0.2) is 0 Å². The molecule has 0 aromatic heterocycles. The van der Waals surface area contributed by atoms with Crippen molar-refractivity contribution in [3.8, 4) is 0 Å². The van der Waals surface area contributed by atoms with Gasteiger partial charge in [0.15, 0.2) is 8.32 Å². The zero-order chi connectivity index (χ0) is 14.8. The molecule has 0 radical (unpaired) electrons. The second-order valence-corrected chi connectivity index (χ2v) is 13.9. The Balaban J connectivity index is 1.88. The van der Waals surface area contributed by atoms with Gasteiger partial charge in [-0.1, -0.05) is 33.6 Å². The molecule has 3 heteroatoms. The Bertz CT molecular complexity index is 400. The van der Waals surface area contributed by atoms with Gasteiger partial charge in [-0.05, 0) is 56.2 Å². The average Bonchev–Trinajstić information content (AvgIpc) is 2.99. The minimum atomic E-state index is -1.76. The summed E-state index contributed by atoms with van der Waals surface area (Å²) >= 11 is 0. The molecule has 3 fully saturated rings. The van der Waals surface area contributed by atoms with Gasteiger partial charge in [0, 0.05) is 5.92 Å². The van der Waals surface area contributed by atoms with Crippen LogP contribution in [0, 0.1) is 11.8 Å². The van der Waals surface area contributed by atoms with Gasteiger partial charge in [0.2, 0.25) is 0 Å². The highest BCUT2D eigenvalue weighted by atomic mass is 28.4. The third kappa shape index (κ3) is 2.12. The predicted octanol–water partition coefficient (Wildman–Crippen LogP) is 4.48. The van der Waals surface area contributed by atoms with Crippen LogP contribution in [0.25, 0.3) is 0 Å². The van der Waals surface area contributed by atoms with Crippen molar-refractivity contribution in [2.24, 2.45) is 11.8 Å². The van der Waals surface area contributed by atoms with E-state index in [1.807, 2.05) is 0 Å². The summed E-state index contributed by atoms with van der Waals surface area (Å²) in [5, 5.41) is 11.2. The SMILES string of the molecule is CC(C)(C)[Si](C)(C)O[C@@]12CCCC[C@H]1C1(O)CC1CC2. The van der Waals surface area contributed by atoms with Gasteiger partial charge in [0.25, 0.3) is 0 Å². The van der Waals surface area contributed by atoms with Crippen LogP contribution in [0.5, 0.6) is 0 Å². The zero-order valence-corrected chi connectivity index (χ0v) is 15.0. The quantitative estimate of drug-likeness (QED) is 0.761. The molecule has 0 spiro atoms. The van der Waals surface area contributed by atoms with Crippen molar-refractivity contribution < 1.29 is 9.53 Å². The Morgan fingerprint density at radius 3 is 2.45 bits per heavy atom. The highest BCUT2D eigenvalue weighted by Crippen LogP contribution is 2.65. The van der Waals surface area contributed by atoms with E-state index in [9.17, 15) is 5.11 Å². The van der Waals surface area contributed by atoms with Crippen LogP contribution in [-0.2, 0) is 4.43 Å². The highest BCUT2D eigenvalue weighted by molar-refractivity contribution is 6.74. The first-order chi connectivity index (χ1) is 9.11. The predicted molar refractivity (Wildman–Crippen MR) is 85.3 cm³/mol. The number of fused-ring (bicyclic) bond motifs is 3. The lowest BCUT2D eigenvalue weighted by atomic mass is 9.65. The van der Waals surface area contributed by atoms with Crippen molar-refractivity contribution in [3.05, 3.63) is 0 Å². The summed E-state index contributed by atoms with van der Waals surface area (Å²) < 4.78 is 6.98. The molecule has 4 atom stereocenters. The molecule has 0 heterocycles. The summed E-state index contributed by atoms with van der Waals surface area (Å²) in [6.07, 6.45) is 8.34. The summed E-state index contributed by atoms with van der Waals surface area (Å²) in [5.41, 5.74) is -0.357. The molecule has 0 aromatic carbocycles. The van der Waals surface area contributed by atoms with Gasteiger partial charge in [-0.25, -0.2) is 0 Å². The molecule has 0 aliphatic heterocycles. The molecular weight excluding hydrogens is 264 g/mol. The average molecular weight is 297 g/mol. The third-order valence-electron chi connectivity index (χ3n) is 6.88. The molecule has 3 aliphatic rings. The largest absolute Gasteiger partial charge is 0.411 e. The smallest absolute Gasteiger partial charge is 0.192 e. The van der Waals surface area contributed by atoms with Crippen LogP contribution in [0.4, 0.5) is 0 Å². The minimum absolute atomic E-state index is 0.00298. The van der Waals surface area contributed by atoms with E-state index in [0.717, 1.165) is 6.42 Å². The van der Waals surface area contributed by atoms with Gasteiger partial charge >= 0.3 is 0 Å². The summed E-state index contributed by atoms with van der Waals surface area (Å²) in [5.74, 6) is 0.998. The van der Waals surface area contributed by atoms with Crippen molar-refractivity contribution in [3.63, 3.8) is 0 Å². The molecule has 2 nitrogen and oxygen atoms in total. The van der Waals surface area contributed by atoms with E-state index >= 15 is 0 Å². The number of aliphatic hydroxyl groups is 1. The van der Waals surface area contributed by atoms with Crippen LogP contribution >= 0.6 is 0 Å². The first kappa shape index (κ1) is 15.0. The van der Waals surface area contributed by atoms with Gasteiger partial charge in [-0.15, -0.1) is 0 Å². The van der Waals surface area contributed by atoms with E-state index in [1.54, 1.807) is 0 Å². The van der Waals surface area contributed by atoms with Gasteiger partial charge in [-0.3, -0.25) is 0 Å². The van der Waals surface area contributed by atoms with Crippen molar-refractivity contribution in [1.29, 1.82) is 0 Å². The van der Waals surface area contributed by atoms with Crippen LogP contribution in [-0.4, -0.2) is 24.6 Å². The molecule has 0 bridgehead atoms. The monoisotopic (exact) mass is 296 g/mol. The Kier molecular flexibility index (Phi) is 3.26. The lowest BCUT2D eigenvalue weighted by molar-refractivity contribution is -0.126. The standard InChI is InChI=1S/C17H32O2Si/c1-15(2,3)20(4,5)19-16-10-7-6-8-14(16)17(18)12-13(17)9-11-16/h13-14,18H,6-12H2,1-5H3/t13?,14-,16-,17?/m1/s1. The molecule has 3 rings (SSSR count). The normalized spacial score (nSPS) is 44.7. The van der Waals surface area contributed by atoms with Gasteiger partial charge in [-0.2, -0.15) is 0 Å². The maximum absolute atomic E-state index is 10.9. The molecule has 2 unspecified atom stereocenters. The fourth-order valence-corrected chi connectivity index (χ4v) is 6.25. The Hall–Kier alpha value is 0.137. The Morgan fingerprint density at radius 1 is 1.10 bits per heavy atom. The third-order valence-corrected chi connectivity index (χ3v) is 11.4. The van der Waals surface area contributed by atoms with E-state index in [4.69, 9.17) is 4.43 Å². The zero-order valence-electron chi connectivity index (χ0n) is 14.0. The second-order valence-electron chi connectivity index (χ2n) is 9.16. The second kappa shape index (κ2) is 4.33. The lowest BCUT2D eigenvalue weighted by Crippen LogP contribution is -2.59. The summed E-state index contributed by atoms with van der Waals surface area (Å²) in [4.78, 5) is 0. The van der Waals surface area contributed by atoms with E-state index in [2.05, 4.69) is 33.9 Å². The Labute approximate surface area is 125 Å². The first-order valence-corrected chi connectivity index (χ1v) is 11.4. The molecule has 116 valence electrons. The highest BCUT2D eigenvalue weighted by Gasteiger charge is 2.68. The molecule has 0 amide bonds. The van der Waals surface area contributed by atoms with Crippen LogP contribution in [0.2, 0.25) is 18.1 Å². The fraction of sp³-hybridized carbons (Fsp3) is 1.00. The topological polar surface area (TPSA) is 29.5 Å². The number of rotatable bonds is 2. The number of hydrogen-bond acceptors (Lipinski definition) is 2. The van der Waals surface area contributed by atoms with Crippen LogP contribution in [0.1, 0.15) is 65.7 Å². The van der Waals surface area contributed by atoms with Gasteiger partial charge in [0.1, 0.15) is 0 Å². The van der Waals surface area contributed by atoms with Crippen molar-refractivity contribution in [1.82, 2.24) is 0 Å². The molecule has 3 saturated carbocycles. The Morgan fingerprint density at radius 2 is 1.80 bits per heavy atom. The molecule has 20 heavy (non-hydrogen) atoms. The lowest BCUT2D eigenvalue weighted by Gasteiger charge is -2.54. The maximum Gasteiger partial charge on any atom is 0.192 e. The van der Waals surface area contributed by atoms with E-state index in [0.29, 0.717) is 11.8 Å². The van der Waals surface area contributed by atoms with E-state index < -0.39 is 8.32 Å². The minimum Gasteiger partial charge on any atom is -0.411 e. The first-order valence-electron chi connectivity index (χ1n) is 8.53. The van der Waals surface area contributed by atoms with Crippen molar-refractivity contribution in [2.45, 2.75) is 95.1 Å². The number of hydrogen-bond donors (Lipinski definition) is 1. The van der Waals surface area contributed by atoms with Crippen molar-refractivity contribution >= 4 is 8.32 Å². The van der Waals surface area contributed by atoms with Gasteiger partial charge < -0.3 is 9.53 Å². The van der Waals surface area contributed by atoms with Crippen LogP contribution in [0.3, 0.4) is 0 Å².